The van der Waals surface area contributed by atoms with Crippen molar-refractivity contribution in [3.63, 3.8) is 0 Å². The molecule has 3 rings (SSSR count). The van der Waals surface area contributed by atoms with Gasteiger partial charge in [-0.25, -0.2) is 8.78 Å². The van der Waals surface area contributed by atoms with Crippen LogP contribution in [0.4, 0.5) is 8.78 Å². The third-order valence-electron chi connectivity index (χ3n) is 6.58. The number of carbonyl (C=O) groups excluding carboxylic acids is 1. The van der Waals surface area contributed by atoms with Gasteiger partial charge in [-0.1, -0.05) is 17.7 Å². The Bertz CT molecular complexity index is 931. The molecule has 5 nitrogen and oxygen atoms in total. The van der Waals surface area contributed by atoms with Crippen LogP contribution in [-0.2, 0) is 11.2 Å². The minimum atomic E-state index is -2.87. The molecule has 1 aromatic carbocycles. The number of aromatic nitrogens is 1. The molecule has 1 aliphatic carbocycles. The third kappa shape index (κ3) is 5.56. The molecule has 0 aliphatic heterocycles. The topological polar surface area (TPSA) is 65.5 Å². The molecule has 0 saturated heterocycles. The maximum Gasteiger partial charge on any atom is 0.251 e. The molecule has 0 bridgehead atoms. The largest absolute Gasteiger partial charge is 0.506 e. The fourth-order valence-corrected chi connectivity index (χ4v) is 4.54. The lowest BCUT2D eigenvalue weighted by Crippen LogP contribution is -2.43. The van der Waals surface area contributed by atoms with E-state index >= 15 is 0 Å². The molecule has 1 saturated carbocycles. The van der Waals surface area contributed by atoms with Gasteiger partial charge in [-0.2, -0.15) is 0 Å². The quantitative estimate of drug-likeness (QED) is 0.536. The first-order valence-corrected chi connectivity index (χ1v) is 11.1. The molecule has 2 N–H and O–H groups in total. The van der Waals surface area contributed by atoms with Gasteiger partial charge in [0.15, 0.2) is 0 Å². The molecule has 2 aromatic rings. The summed E-state index contributed by atoms with van der Waals surface area (Å²) in [4.78, 5) is 18.8. The molecule has 1 amide bonds. The van der Waals surface area contributed by atoms with Crippen LogP contribution < -0.4 is 5.32 Å². The Labute approximate surface area is 192 Å². The van der Waals surface area contributed by atoms with Crippen LogP contribution >= 0.6 is 11.6 Å². The number of phenols is 1. The number of phenolic OH excluding ortho intramolecular Hbond substituents is 1. The minimum Gasteiger partial charge on any atom is -0.506 e. The number of likely N-dealkylation sites (N-methyl/N-ethyl adjacent to an activating group) is 1. The standard InChI is InChI=1S/C24H30ClF2N3O2/c1-23(26,27)24(8-9-24)19(17-6-10-28-11-7-17)14-22(32)29-15-18(30(2)3)12-16-4-5-21(31)20(25)13-16/h4-7,10-11,13,18-19,31H,8-9,12,14-15H2,1-3H3,(H,29,32)/t18-,19+/m0/s1. The Morgan fingerprint density at radius 1 is 1.28 bits per heavy atom. The summed E-state index contributed by atoms with van der Waals surface area (Å²) in [7, 11) is 3.82. The van der Waals surface area contributed by atoms with E-state index in [1.54, 1.807) is 42.7 Å². The van der Waals surface area contributed by atoms with Crippen molar-refractivity contribution < 1.29 is 18.7 Å². The molecule has 32 heavy (non-hydrogen) atoms. The summed E-state index contributed by atoms with van der Waals surface area (Å²) < 4.78 is 29.0. The summed E-state index contributed by atoms with van der Waals surface area (Å²) >= 11 is 6.01. The molecule has 1 aromatic heterocycles. The molecular weight excluding hydrogens is 436 g/mol. The molecule has 0 radical (unpaired) electrons. The van der Waals surface area contributed by atoms with E-state index < -0.39 is 17.3 Å². The zero-order valence-electron chi connectivity index (χ0n) is 18.6. The Balaban J connectivity index is 1.68. The van der Waals surface area contributed by atoms with Gasteiger partial charge >= 0.3 is 0 Å². The van der Waals surface area contributed by atoms with Gasteiger partial charge in [-0.15, -0.1) is 0 Å². The van der Waals surface area contributed by atoms with Crippen molar-refractivity contribution in [3.8, 4) is 5.75 Å². The van der Waals surface area contributed by atoms with Gasteiger partial charge < -0.3 is 15.3 Å². The van der Waals surface area contributed by atoms with E-state index in [1.165, 1.54) is 0 Å². The van der Waals surface area contributed by atoms with Crippen molar-refractivity contribution in [1.29, 1.82) is 0 Å². The number of alkyl halides is 2. The van der Waals surface area contributed by atoms with Crippen LogP contribution in [0.2, 0.25) is 5.02 Å². The summed E-state index contributed by atoms with van der Waals surface area (Å²) in [6.45, 7) is 1.32. The highest BCUT2D eigenvalue weighted by Crippen LogP contribution is 2.65. The van der Waals surface area contributed by atoms with E-state index in [1.807, 2.05) is 19.0 Å². The second kappa shape index (κ2) is 9.71. The summed E-state index contributed by atoms with van der Waals surface area (Å²) in [6.07, 6.45) is 4.57. The molecule has 174 valence electrons. The molecule has 1 heterocycles. The predicted molar refractivity (Wildman–Crippen MR) is 121 cm³/mol. The number of benzene rings is 1. The van der Waals surface area contributed by atoms with Gasteiger partial charge in [0.25, 0.3) is 5.92 Å². The summed E-state index contributed by atoms with van der Waals surface area (Å²) in [5.74, 6) is -3.67. The average molecular weight is 466 g/mol. The van der Waals surface area contributed by atoms with E-state index in [2.05, 4.69) is 10.3 Å². The van der Waals surface area contributed by atoms with Crippen LogP contribution in [0, 0.1) is 5.41 Å². The van der Waals surface area contributed by atoms with Gasteiger partial charge in [-0.3, -0.25) is 9.78 Å². The first-order valence-electron chi connectivity index (χ1n) is 10.7. The number of carbonyl (C=O) groups is 1. The van der Waals surface area contributed by atoms with Crippen LogP contribution in [0.25, 0.3) is 0 Å². The van der Waals surface area contributed by atoms with Crippen LogP contribution in [0.15, 0.2) is 42.7 Å². The number of pyridine rings is 1. The number of nitrogens with one attached hydrogen (secondary N) is 1. The molecule has 0 spiro atoms. The van der Waals surface area contributed by atoms with E-state index in [9.17, 15) is 18.7 Å². The fourth-order valence-electron chi connectivity index (χ4n) is 4.33. The smallest absolute Gasteiger partial charge is 0.251 e. The van der Waals surface area contributed by atoms with Crippen LogP contribution in [0.3, 0.4) is 0 Å². The lowest BCUT2D eigenvalue weighted by Gasteiger charge is -2.32. The SMILES string of the molecule is CN(C)[C@H](CNC(=O)C[C@H](c1ccncc1)C1(C(C)(F)F)CC1)Cc1ccc(O)c(Cl)c1. The molecule has 1 fully saturated rings. The van der Waals surface area contributed by atoms with E-state index in [4.69, 9.17) is 11.6 Å². The maximum atomic E-state index is 14.5. The lowest BCUT2D eigenvalue weighted by atomic mass is 9.77. The minimum absolute atomic E-state index is 0.00136. The monoisotopic (exact) mass is 465 g/mol. The first kappa shape index (κ1) is 24.4. The zero-order chi connectivity index (χ0) is 23.5. The summed E-state index contributed by atoms with van der Waals surface area (Å²) in [6, 6.07) is 8.46. The van der Waals surface area contributed by atoms with Crippen LogP contribution in [0.5, 0.6) is 5.75 Å². The highest BCUT2D eigenvalue weighted by molar-refractivity contribution is 6.32. The second-order valence-corrected chi connectivity index (χ2v) is 9.40. The predicted octanol–water partition coefficient (Wildman–Crippen LogP) is 4.64. The van der Waals surface area contributed by atoms with Crippen molar-refractivity contribution >= 4 is 17.5 Å². The lowest BCUT2D eigenvalue weighted by molar-refractivity contribution is -0.123. The van der Waals surface area contributed by atoms with E-state index in [-0.39, 0.29) is 29.1 Å². The second-order valence-electron chi connectivity index (χ2n) is 8.99. The van der Waals surface area contributed by atoms with Crippen molar-refractivity contribution in [1.82, 2.24) is 15.2 Å². The Morgan fingerprint density at radius 2 is 1.94 bits per heavy atom. The van der Waals surface area contributed by atoms with Crippen molar-refractivity contribution in [2.24, 2.45) is 5.41 Å². The van der Waals surface area contributed by atoms with E-state index in [0.29, 0.717) is 25.8 Å². The number of halogens is 3. The van der Waals surface area contributed by atoms with Crippen LogP contribution in [0.1, 0.15) is 43.2 Å². The summed E-state index contributed by atoms with van der Waals surface area (Å²) in [5, 5.41) is 12.8. The van der Waals surface area contributed by atoms with Gasteiger partial charge in [-0.05, 0) is 75.7 Å². The molecule has 0 unspecified atom stereocenters. The third-order valence-corrected chi connectivity index (χ3v) is 6.88. The maximum absolute atomic E-state index is 14.5. The van der Waals surface area contributed by atoms with Gasteiger partial charge in [0, 0.05) is 42.7 Å². The Morgan fingerprint density at radius 3 is 2.47 bits per heavy atom. The molecule has 2 atom stereocenters. The first-order chi connectivity index (χ1) is 15.0. The number of hydrogen-bond donors (Lipinski definition) is 2. The van der Waals surface area contributed by atoms with Gasteiger partial charge in [0.2, 0.25) is 5.91 Å². The highest BCUT2D eigenvalue weighted by atomic mass is 35.5. The normalized spacial score (nSPS) is 17.1. The van der Waals surface area contributed by atoms with Crippen molar-refractivity contribution in [3.05, 3.63) is 58.9 Å². The number of nitrogens with zero attached hydrogens (tertiary/aromatic N) is 2. The number of hydrogen-bond acceptors (Lipinski definition) is 4. The van der Waals surface area contributed by atoms with E-state index in [0.717, 1.165) is 18.1 Å². The Kier molecular flexibility index (Phi) is 7.40. The van der Waals surface area contributed by atoms with Crippen molar-refractivity contribution in [2.45, 2.75) is 50.5 Å². The fraction of sp³-hybridized carbons (Fsp3) is 0.500. The number of amides is 1. The molecule has 1 aliphatic rings. The number of aromatic hydroxyl groups is 1. The molecule has 8 heteroatoms. The Hall–Kier alpha value is -2.25. The average Bonchev–Trinajstić information content (AvgIpc) is 3.54. The van der Waals surface area contributed by atoms with Crippen molar-refractivity contribution in [2.75, 3.05) is 20.6 Å². The van der Waals surface area contributed by atoms with Gasteiger partial charge in [0.05, 0.1) is 5.02 Å². The van der Waals surface area contributed by atoms with Gasteiger partial charge in [0.1, 0.15) is 5.75 Å². The zero-order valence-corrected chi connectivity index (χ0v) is 19.4. The summed E-state index contributed by atoms with van der Waals surface area (Å²) in [5.41, 5.74) is 0.463. The molecular formula is C24H30ClF2N3O2. The highest BCUT2D eigenvalue weighted by Gasteiger charge is 2.63. The van der Waals surface area contributed by atoms with Crippen LogP contribution in [-0.4, -0.2) is 53.5 Å². The number of rotatable bonds is 10.